The summed E-state index contributed by atoms with van der Waals surface area (Å²) in [5, 5.41) is 2.75. The lowest BCUT2D eigenvalue weighted by Gasteiger charge is -2.36. The van der Waals surface area contributed by atoms with E-state index in [2.05, 4.69) is 11.0 Å². The van der Waals surface area contributed by atoms with E-state index in [0.717, 1.165) is 36.2 Å². The molecule has 0 N–H and O–H groups in total. The summed E-state index contributed by atoms with van der Waals surface area (Å²) >= 11 is 1.44. The Morgan fingerprint density at radius 2 is 1.89 bits per heavy atom. The zero-order chi connectivity index (χ0) is 26.6. The van der Waals surface area contributed by atoms with Crippen LogP contribution in [0.2, 0.25) is 0 Å². The SMILES string of the molecule is COc1ccc(OC)c2nc(N3CCN(C(C)=O)CC3)c(CN(CC3CCCO3)C(=O)c3cccs3)cc12. The van der Waals surface area contributed by atoms with E-state index >= 15 is 0 Å². The molecule has 3 aromatic rings. The molecule has 2 amide bonds. The van der Waals surface area contributed by atoms with E-state index in [1.54, 1.807) is 21.1 Å². The van der Waals surface area contributed by atoms with Gasteiger partial charge >= 0.3 is 0 Å². The number of methoxy groups -OCH3 is 2. The van der Waals surface area contributed by atoms with E-state index in [0.29, 0.717) is 61.2 Å². The first-order valence-electron chi connectivity index (χ1n) is 13.0. The summed E-state index contributed by atoms with van der Waals surface area (Å²) in [5.74, 6) is 2.20. The van der Waals surface area contributed by atoms with Crippen LogP contribution in [0.4, 0.5) is 5.82 Å². The van der Waals surface area contributed by atoms with Crippen molar-refractivity contribution in [2.24, 2.45) is 0 Å². The van der Waals surface area contributed by atoms with Crippen molar-refractivity contribution in [3.63, 3.8) is 0 Å². The van der Waals surface area contributed by atoms with Gasteiger partial charge in [0.25, 0.3) is 5.91 Å². The van der Waals surface area contributed by atoms with Crippen molar-refractivity contribution in [3.8, 4) is 11.5 Å². The molecule has 4 heterocycles. The number of thiophene rings is 1. The molecule has 1 atom stereocenters. The number of amides is 2. The first-order valence-corrected chi connectivity index (χ1v) is 13.9. The van der Waals surface area contributed by atoms with Crippen molar-refractivity contribution < 1.29 is 23.8 Å². The molecule has 5 rings (SSSR count). The maximum Gasteiger partial charge on any atom is 0.264 e. The predicted octanol–water partition coefficient (Wildman–Crippen LogP) is 3.80. The number of benzene rings is 1. The number of hydrogen-bond donors (Lipinski definition) is 0. The molecule has 2 fully saturated rings. The summed E-state index contributed by atoms with van der Waals surface area (Å²) in [7, 11) is 3.27. The van der Waals surface area contributed by atoms with Gasteiger partial charge in [-0.2, -0.15) is 0 Å². The molecule has 2 aliphatic rings. The van der Waals surface area contributed by atoms with Crippen molar-refractivity contribution >= 4 is 39.9 Å². The second kappa shape index (κ2) is 11.6. The molecule has 0 bridgehead atoms. The Hall–Kier alpha value is -3.37. The maximum atomic E-state index is 13.6. The van der Waals surface area contributed by atoms with Gasteiger partial charge in [0, 0.05) is 63.7 Å². The van der Waals surface area contributed by atoms with Gasteiger partial charge in [-0.25, -0.2) is 4.98 Å². The zero-order valence-electron chi connectivity index (χ0n) is 22.1. The van der Waals surface area contributed by atoms with Crippen LogP contribution in [-0.2, 0) is 16.1 Å². The van der Waals surface area contributed by atoms with Crippen LogP contribution in [0, 0.1) is 0 Å². The first-order chi connectivity index (χ1) is 18.5. The highest BCUT2D eigenvalue weighted by Crippen LogP contribution is 2.36. The summed E-state index contributed by atoms with van der Waals surface area (Å²) in [4.78, 5) is 37.3. The minimum atomic E-state index is -0.0134. The molecule has 0 spiro atoms. The Morgan fingerprint density at radius 3 is 2.53 bits per heavy atom. The van der Waals surface area contributed by atoms with Crippen molar-refractivity contribution in [1.29, 1.82) is 0 Å². The van der Waals surface area contributed by atoms with Crippen molar-refractivity contribution in [3.05, 3.63) is 46.2 Å². The molecule has 38 heavy (non-hydrogen) atoms. The first kappa shape index (κ1) is 26.2. The summed E-state index contributed by atoms with van der Waals surface area (Å²) < 4.78 is 17.2. The molecule has 0 aliphatic carbocycles. The van der Waals surface area contributed by atoms with Crippen LogP contribution in [0.25, 0.3) is 10.9 Å². The Balaban J connectivity index is 1.57. The third-order valence-corrected chi connectivity index (χ3v) is 8.11. The second-order valence-electron chi connectivity index (χ2n) is 9.63. The lowest BCUT2D eigenvalue weighted by atomic mass is 10.1. The van der Waals surface area contributed by atoms with Crippen LogP contribution in [0.5, 0.6) is 11.5 Å². The quantitative estimate of drug-likeness (QED) is 0.431. The molecule has 1 unspecified atom stereocenters. The lowest BCUT2D eigenvalue weighted by molar-refractivity contribution is -0.129. The van der Waals surface area contributed by atoms with E-state index in [-0.39, 0.29) is 17.9 Å². The molecular formula is C28H34N4O5S. The van der Waals surface area contributed by atoms with Crippen LogP contribution >= 0.6 is 11.3 Å². The average Bonchev–Trinajstić information content (AvgIpc) is 3.66. The Labute approximate surface area is 226 Å². The van der Waals surface area contributed by atoms with E-state index in [1.807, 2.05) is 39.4 Å². The second-order valence-corrected chi connectivity index (χ2v) is 10.6. The largest absolute Gasteiger partial charge is 0.496 e. The molecule has 202 valence electrons. The summed E-state index contributed by atoms with van der Waals surface area (Å²) in [6.45, 7) is 5.78. The summed E-state index contributed by atoms with van der Waals surface area (Å²) in [5.41, 5.74) is 1.62. The van der Waals surface area contributed by atoms with Gasteiger partial charge in [0.1, 0.15) is 22.8 Å². The van der Waals surface area contributed by atoms with Gasteiger partial charge in [-0.3, -0.25) is 9.59 Å². The number of carbonyl (C=O) groups excluding carboxylic acids is 2. The Morgan fingerprint density at radius 1 is 1.13 bits per heavy atom. The number of fused-ring (bicyclic) bond motifs is 1. The fourth-order valence-electron chi connectivity index (χ4n) is 5.22. The minimum absolute atomic E-state index is 0.0134. The van der Waals surface area contributed by atoms with E-state index in [4.69, 9.17) is 19.2 Å². The third-order valence-electron chi connectivity index (χ3n) is 7.26. The smallest absolute Gasteiger partial charge is 0.264 e. The molecule has 2 aromatic heterocycles. The topological polar surface area (TPSA) is 84.4 Å². The molecule has 2 aliphatic heterocycles. The summed E-state index contributed by atoms with van der Waals surface area (Å²) in [6, 6.07) is 9.57. The van der Waals surface area contributed by atoms with Crippen LogP contribution in [0.3, 0.4) is 0 Å². The number of hydrogen-bond acceptors (Lipinski definition) is 8. The average molecular weight is 539 g/mol. The standard InChI is InChI=1S/C28H34N4O5S/c1-19(33)30-10-12-31(13-11-30)27-20(16-22-23(35-2)8-9-24(36-3)26(22)29-27)17-32(18-21-6-4-14-37-21)28(34)25-7-5-15-38-25/h5,7-9,15-16,21H,4,6,10-14,17-18H2,1-3H3. The molecule has 9 nitrogen and oxygen atoms in total. The van der Waals surface area contributed by atoms with Gasteiger partial charge in [-0.15, -0.1) is 11.3 Å². The molecule has 10 heteroatoms. The van der Waals surface area contributed by atoms with Gasteiger partial charge in [0.2, 0.25) is 5.91 Å². The number of aromatic nitrogens is 1. The monoisotopic (exact) mass is 538 g/mol. The van der Waals surface area contributed by atoms with Crippen LogP contribution in [0.1, 0.15) is 35.0 Å². The molecular weight excluding hydrogens is 504 g/mol. The highest BCUT2D eigenvalue weighted by molar-refractivity contribution is 7.12. The number of carbonyl (C=O) groups is 2. The van der Waals surface area contributed by atoms with E-state index < -0.39 is 0 Å². The Bertz CT molecular complexity index is 1280. The van der Waals surface area contributed by atoms with Crippen LogP contribution in [0.15, 0.2) is 35.7 Å². The Kier molecular flexibility index (Phi) is 7.99. The van der Waals surface area contributed by atoms with E-state index in [9.17, 15) is 9.59 Å². The van der Waals surface area contributed by atoms with Gasteiger partial charge in [0.05, 0.1) is 25.2 Å². The molecule has 2 saturated heterocycles. The number of piperazine rings is 1. The van der Waals surface area contributed by atoms with Crippen LogP contribution < -0.4 is 14.4 Å². The fourth-order valence-corrected chi connectivity index (χ4v) is 5.91. The molecule has 0 saturated carbocycles. The van der Waals surface area contributed by atoms with E-state index in [1.165, 1.54) is 11.3 Å². The number of rotatable bonds is 8. The van der Waals surface area contributed by atoms with Gasteiger partial charge in [-0.05, 0) is 42.5 Å². The van der Waals surface area contributed by atoms with Crippen molar-refractivity contribution in [2.45, 2.75) is 32.4 Å². The molecule has 0 radical (unpaired) electrons. The maximum absolute atomic E-state index is 13.6. The van der Waals surface area contributed by atoms with Crippen LogP contribution in [-0.4, -0.2) is 86.3 Å². The third kappa shape index (κ3) is 5.42. The van der Waals surface area contributed by atoms with Crippen molar-refractivity contribution in [1.82, 2.24) is 14.8 Å². The summed E-state index contributed by atoms with van der Waals surface area (Å²) in [6.07, 6.45) is 1.96. The normalized spacial score (nSPS) is 17.6. The number of ether oxygens (including phenoxy) is 3. The lowest BCUT2D eigenvalue weighted by Crippen LogP contribution is -2.48. The zero-order valence-corrected chi connectivity index (χ0v) is 23.0. The highest BCUT2D eigenvalue weighted by Gasteiger charge is 2.28. The predicted molar refractivity (Wildman–Crippen MR) is 147 cm³/mol. The minimum Gasteiger partial charge on any atom is -0.496 e. The van der Waals surface area contributed by atoms with Crippen molar-refractivity contribution in [2.75, 3.05) is 58.5 Å². The van der Waals surface area contributed by atoms with Gasteiger partial charge in [0.15, 0.2) is 0 Å². The van der Waals surface area contributed by atoms with Gasteiger partial charge < -0.3 is 28.9 Å². The highest BCUT2D eigenvalue weighted by atomic mass is 32.1. The fraction of sp³-hybridized carbons (Fsp3) is 0.464. The number of pyridine rings is 1. The number of nitrogens with zero attached hydrogens (tertiary/aromatic N) is 4. The molecule has 1 aromatic carbocycles. The van der Waals surface area contributed by atoms with Gasteiger partial charge in [-0.1, -0.05) is 6.07 Å². The number of anilines is 1.